The lowest BCUT2D eigenvalue weighted by molar-refractivity contribution is 0.317. The Balaban J connectivity index is 1.55. The standard InChI is InChI=1S/C15H21ClN2O/c1-19-15-5-2-12(16)8-11(15)9-17-13-6-7-18(10-13)14-3-4-14/h2,5,8,13-14,17H,3-4,6-7,9-10H2,1H3. The van der Waals surface area contributed by atoms with Gasteiger partial charge in [-0.1, -0.05) is 11.6 Å². The first kappa shape index (κ1) is 13.2. The van der Waals surface area contributed by atoms with Gasteiger partial charge in [-0.3, -0.25) is 4.90 Å². The fourth-order valence-corrected chi connectivity index (χ4v) is 3.06. The molecule has 0 spiro atoms. The maximum absolute atomic E-state index is 6.05. The molecule has 1 aromatic carbocycles. The molecule has 104 valence electrons. The van der Waals surface area contributed by atoms with Gasteiger partial charge in [0.15, 0.2) is 0 Å². The van der Waals surface area contributed by atoms with Crippen molar-refractivity contribution in [2.24, 2.45) is 0 Å². The third-order valence-corrected chi connectivity index (χ3v) is 4.34. The van der Waals surface area contributed by atoms with Crippen LogP contribution in [-0.4, -0.2) is 37.2 Å². The van der Waals surface area contributed by atoms with Crippen LogP contribution in [0.25, 0.3) is 0 Å². The lowest BCUT2D eigenvalue weighted by Gasteiger charge is -2.16. The molecule has 3 nitrogen and oxygen atoms in total. The van der Waals surface area contributed by atoms with Crippen LogP contribution in [0.4, 0.5) is 0 Å². The van der Waals surface area contributed by atoms with Crippen LogP contribution < -0.4 is 10.1 Å². The van der Waals surface area contributed by atoms with Crippen LogP contribution in [-0.2, 0) is 6.54 Å². The first-order valence-electron chi connectivity index (χ1n) is 7.06. The second-order valence-corrected chi connectivity index (χ2v) is 5.99. The normalized spacial score (nSPS) is 23.8. The van der Waals surface area contributed by atoms with E-state index >= 15 is 0 Å². The Hall–Kier alpha value is -0.770. The smallest absolute Gasteiger partial charge is 0.123 e. The number of likely N-dealkylation sites (tertiary alicyclic amines) is 1. The fraction of sp³-hybridized carbons (Fsp3) is 0.600. The van der Waals surface area contributed by atoms with Gasteiger partial charge in [-0.25, -0.2) is 0 Å². The number of halogens is 1. The molecule has 1 aliphatic carbocycles. The maximum atomic E-state index is 6.05. The maximum Gasteiger partial charge on any atom is 0.123 e. The molecule has 19 heavy (non-hydrogen) atoms. The molecule has 1 aliphatic heterocycles. The molecule has 4 heteroatoms. The van der Waals surface area contributed by atoms with Crippen LogP contribution in [0.2, 0.25) is 5.02 Å². The number of nitrogens with zero attached hydrogens (tertiary/aromatic N) is 1. The summed E-state index contributed by atoms with van der Waals surface area (Å²) >= 11 is 6.05. The van der Waals surface area contributed by atoms with Gasteiger partial charge >= 0.3 is 0 Å². The van der Waals surface area contributed by atoms with Crippen LogP contribution in [0.3, 0.4) is 0 Å². The van der Waals surface area contributed by atoms with E-state index in [4.69, 9.17) is 16.3 Å². The van der Waals surface area contributed by atoms with Crippen LogP contribution >= 0.6 is 11.6 Å². The molecule has 1 saturated carbocycles. The Morgan fingerprint density at radius 1 is 1.37 bits per heavy atom. The molecular formula is C15H21ClN2O. The highest BCUT2D eigenvalue weighted by Gasteiger charge is 2.34. The van der Waals surface area contributed by atoms with Gasteiger partial charge in [-0.15, -0.1) is 0 Å². The zero-order valence-corrected chi connectivity index (χ0v) is 12.1. The predicted octanol–water partition coefficient (Wildman–Crippen LogP) is 2.67. The fourth-order valence-electron chi connectivity index (χ4n) is 2.86. The zero-order valence-electron chi connectivity index (χ0n) is 11.4. The third-order valence-electron chi connectivity index (χ3n) is 4.11. The Morgan fingerprint density at radius 3 is 2.95 bits per heavy atom. The average Bonchev–Trinajstić information content (AvgIpc) is 3.16. The van der Waals surface area contributed by atoms with Crippen molar-refractivity contribution in [3.63, 3.8) is 0 Å². The number of methoxy groups -OCH3 is 1. The summed E-state index contributed by atoms with van der Waals surface area (Å²) in [6, 6.07) is 7.27. The lowest BCUT2D eigenvalue weighted by atomic mass is 10.1. The summed E-state index contributed by atoms with van der Waals surface area (Å²) in [5, 5.41) is 4.40. The van der Waals surface area contributed by atoms with E-state index in [9.17, 15) is 0 Å². The van der Waals surface area contributed by atoms with E-state index in [0.29, 0.717) is 6.04 Å². The second-order valence-electron chi connectivity index (χ2n) is 5.55. The quantitative estimate of drug-likeness (QED) is 0.897. The van der Waals surface area contributed by atoms with E-state index in [-0.39, 0.29) is 0 Å². The molecule has 2 fully saturated rings. The van der Waals surface area contributed by atoms with Crippen molar-refractivity contribution < 1.29 is 4.74 Å². The van der Waals surface area contributed by atoms with Crippen molar-refractivity contribution in [2.45, 2.75) is 37.9 Å². The number of ether oxygens (including phenoxy) is 1. The molecule has 2 aliphatic rings. The highest BCUT2D eigenvalue weighted by molar-refractivity contribution is 6.30. The first-order valence-corrected chi connectivity index (χ1v) is 7.44. The Morgan fingerprint density at radius 2 is 2.21 bits per heavy atom. The number of rotatable bonds is 5. The summed E-state index contributed by atoms with van der Waals surface area (Å²) in [5.74, 6) is 0.911. The molecule has 3 rings (SSSR count). The molecule has 1 atom stereocenters. The van der Waals surface area contributed by atoms with Crippen LogP contribution in [0.5, 0.6) is 5.75 Å². The predicted molar refractivity (Wildman–Crippen MR) is 77.8 cm³/mol. The SMILES string of the molecule is COc1ccc(Cl)cc1CNC1CCN(C2CC2)C1. The van der Waals surface area contributed by atoms with Crippen molar-refractivity contribution in [3.05, 3.63) is 28.8 Å². The average molecular weight is 281 g/mol. The summed E-state index contributed by atoms with van der Waals surface area (Å²) < 4.78 is 5.38. The number of nitrogens with one attached hydrogen (secondary N) is 1. The topological polar surface area (TPSA) is 24.5 Å². The highest BCUT2D eigenvalue weighted by Crippen LogP contribution is 2.30. The van der Waals surface area contributed by atoms with Crippen LogP contribution in [0.1, 0.15) is 24.8 Å². The molecule has 0 amide bonds. The minimum absolute atomic E-state index is 0.601. The number of hydrogen-bond donors (Lipinski definition) is 1. The van der Waals surface area contributed by atoms with Crippen molar-refractivity contribution in [2.75, 3.05) is 20.2 Å². The monoisotopic (exact) mass is 280 g/mol. The van der Waals surface area contributed by atoms with Gasteiger partial charge in [0.2, 0.25) is 0 Å². The molecule has 1 aromatic rings. The number of hydrogen-bond acceptors (Lipinski definition) is 3. The Labute approximate surface area is 119 Å². The van der Waals surface area contributed by atoms with E-state index in [0.717, 1.165) is 28.9 Å². The summed E-state index contributed by atoms with van der Waals surface area (Å²) in [4.78, 5) is 2.62. The van der Waals surface area contributed by atoms with Gasteiger partial charge in [0.1, 0.15) is 5.75 Å². The van der Waals surface area contributed by atoms with Crippen molar-refractivity contribution in [1.29, 1.82) is 0 Å². The summed E-state index contributed by atoms with van der Waals surface area (Å²) in [7, 11) is 1.71. The number of benzene rings is 1. The highest BCUT2D eigenvalue weighted by atomic mass is 35.5. The zero-order chi connectivity index (χ0) is 13.2. The van der Waals surface area contributed by atoms with Crippen LogP contribution in [0, 0.1) is 0 Å². The van der Waals surface area contributed by atoms with Crippen LogP contribution in [0.15, 0.2) is 18.2 Å². The summed E-state index contributed by atoms with van der Waals surface area (Å²) in [5.41, 5.74) is 1.14. The molecule has 0 bridgehead atoms. The van der Waals surface area contributed by atoms with E-state index in [1.54, 1.807) is 7.11 Å². The van der Waals surface area contributed by atoms with E-state index in [1.165, 1.54) is 32.4 Å². The van der Waals surface area contributed by atoms with E-state index < -0.39 is 0 Å². The van der Waals surface area contributed by atoms with Crippen molar-refractivity contribution in [1.82, 2.24) is 10.2 Å². The van der Waals surface area contributed by atoms with Crippen molar-refractivity contribution in [3.8, 4) is 5.75 Å². The first-order chi connectivity index (χ1) is 9.26. The molecule has 0 radical (unpaired) electrons. The molecule has 1 saturated heterocycles. The lowest BCUT2D eigenvalue weighted by Crippen LogP contribution is -2.32. The minimum Gasteiger partial charge on any atom is -0.496 e. The third kappa shape index (κ3) is 3.22. The van der Waals surface area contributed by atoms with Gasteiger partial charge in [0.25, 0.3) is 0 Å². The van der Waals surface area contributed by atoms with Gasteiger partial charge in [0.05, 0.1) is 7.11 Å². The van der Waals surface area contributed by atoms with Gasteiger partial charge in [0, 0.05) is 42.3 Å². The van der Waals surface area contributed by atoms with E-state index in [2.05, 4.69) is 10.2 Å². The second kappa shape index (κ2) is 5.70. The van der Waals surface area contributed by atoms with E-state index in [1.807, 2.05) is 18.2 Å². The summed E-state index contributed by atoms with van der Waals surface area (Å²) in [6.45, 7) is 3.26. The molecular weight excluding hydrogens is 260 g/mol. The molecule has 0 aromatic heterocycles. The Bertz CT molecular complexity index is 448. The van der Waals surface area contributed by atoms with Gasteiger partial charge in [-0.2, -0.15) is 0 Å². The molecule has 1 heterocycles. The molecule has 1 N–H and O–H groups in total. The van der Waals surface area contributed by atoms with Gasteiger partial charge in [-0.05, 0) is 37.5 Å². The van der Waals surface area contributed by atoms with Gasteiger partial charge < -0.3 is 10.1 Å². The van der Waals surface area contributed by atoms with Crippen molar-refractivity contribution >= 4 is 11.6 Å². The largest absolute Gasteiger partial charge is 0.496 e. The minimum atomic E-state index is 0.601. The molecule has 1 unspecified atom stereocenters. The summed E-state index contributed by atoms with van der Waals surface area (Å²) in [6.07, 6.45) is 4.04. The Kier molecular flexibility index (Phi) is 3.96.